The van der Waals surface area contributed by atoms with Crippen LogP contribution in [-0.4, -0.2) is 51.6 Å². The number of hydrogen-bond acceptors (Lipinski definition) is 6. The number of nitrogens with two attached hydrogens (primary N) is 1. The third kappa shape index (κ3) is 3.83. The van der Waals surface area contributed by atoms with Gasteiger partial charge in [-0.05, 0) is 43.5 Å². The summed E-state index contributed by atoms with van der Waals surface area (Å²) in [5.74, 6) is 0.260. The summed E-state index contributed by atoms with van der Waals surface area (Å²) in [5.41, 5.74) is 8.32. The van der Waals surface area contributed by atoms with Crippen LogP contribution < -0.4 is 10.5 Å². The van der Waals surface area contributed by atoms with Crippen LogP contribution in [0.3, 0.4) is 0 Å². The van der Waals surface area contributed by atoms with Crippen molar-refractivity contribution in [1.82, 2.24) is 19.4 Å². The minimum atomic E-state index is -0.635. The van der Waals surface area contributed by atoms with Gasteiger partial charge in [0.05, 0.1) is 30.3 Å². The lowest BCUT2D eigenvalue weighted by Gasteiger charge is -2.16. The standard InChI is InChI=1S/C24H23FN6O2/c1-33-20-7-6-18(12-28-20)31-22(14-2-3-14)21(24(32)30-9-8-17(27)13-30)29-23(31)15-4-5-16(11-26)19(25)10-15/h4-7,10,12,14,17H,2-3,8-9,13,27H2,1H3/t17-/m0/s1. The second kappa shape index (κ2) is 8.30. The molecule has 2 aromatic heterocycles. The maximum atomic E-state index is 14.5. The number of pyridine rings is 1. The lowest BCUT2D eigenvalue weighted by molar-refractivity contribution is 0.0784. The molecule has 9 heteroatoms. The van der Waals surface area contributed by atoms with Crippen molar-refractivity contribution >= 4 is 5.91 Å². The van der Waals surface area contributed by atoms with E-state index in [9.17, 15) is 9.18 Å². The van der Waals surface area contributed by atoms with E-state index in [4.69, 9.17) is 20.7 Å². The van der Waals surface area contributed by atoms with Crippen LogP contribution in [0.5, 0.6) is 5.88 Å². The smallest absolute Gasteiger partial charge is 0.274 e. The first kappa shape index (κ1) is 21.1. The predicted octanol–water partition coefficient (Wildman–Crippen LogP) is 3.00. The summed E-state index contributed by atoms with van der Waals surface area (Å²) in [7, 11) is 1.54. The number of nitrogens with zero attached hydrogens (tertiary/aromatic N) is 5. The SMILES string of the molecule is COc1ccc(-n2c(-c3ccc(C#N)c(F)c3)nc(C(=O)N3CC[C@H](N)C3)c2C2CC2)cn1. The molecule has 1 aliphatic heterocycles. The fourth-order valence-electron chi connectivity index (χ4n) is 4.27. The fraction of sp³-hybridized carbons (Fsp3) is 0.333. The van der Waals surface area contributed by atoms with Gasteiger partial charge in [0.25, 0.3) is 5.91 Å². The Hall–Kier alpha value is -3.77. The minimum absolute atomic E-state index is 0.0432. The number of imidazole rings is 1. The Balaban J connectivity index is 1.70. The van der Waals surface area contributed by atoms with Gasteiger partial charge in [0.2, 0.25) is 5.88 Å². The summed E-state index contributed by atoms with van der Waals surface area (Å²) >= 11 is 0. The number of benzene rings is 1. The zero-order valence-electron chi connectivity index (χ0n) is 18.2. The lowest BCUT2D eigenvalue weighted by Crippen LogP contribution is -2.32. The number of carbonyl (C=O) groups excluding carboxylic acids is 1. The minimum Gasteiger partial charge on any atom is -0.481 e. The molecule has 0 spiro atoms. The van der Waals surface area contributed by atoms with E-state index in [1.165, 1.54) is 19.2 Å². The number of amides is 1. The third-order valence-corrected chi connectivity index (χ3v) is 6.13. The van der Waals surface area contributed by atoms with Crippen molar-refractivity contribution in [2.45, 2.75) is 31.2 Å². The molecule has 8 nitrogen and oxygen atoms in total. The van der Waals surface area contributed by atoms with E-state index < -0.39 is 5.82 Å². The van der Waals surface area contributed by atoms with Crippen molar-refractivity contribution < 1.29 is 13.9 Å². The quantitative estimate of drug-likeness (QED) is 0.645. The first-order valence-corrected chi connectivity index (χ1v) is 10.9. The molecule has 1 aliphatic carbocycles. The average Bonchev–Trinajstić information content (AvgIpc) is 3.45. The number of likely N-dealkylation sites (tertiary alicyclic amines) is 1. The number of rotatable bonds is 5. The van der Waals surface area contributed by atoms with Crippen LogP contribution >= 0.6 is 0 Å². The Morgan fingerprint density at radius 3 is 2.67 bits per heavy atom. The van der Waals surface area contributed by atoms with E-state index in [0.29, 0.717) is 41.7 Å². The molecule has 0 radical (unpaired) electrons. The molecule has 3 heterocycles. The van der Waals surface area contributed by atoms with Crippen LogP contribution in [0, 0.1) is 17.1 Å². The highest BCUT2D eigenvalue weighted by atomic mass is 19.1. The molecule has 33 heavy (non-hydrogen) atoms. The molecular weight excluding hydrogens is 423 g/mol. The van der Waals surface area contributed by atoms with Gasteiger partial charge < -0.3 is 15.4 Å². The van der Waals surface area contributed by atoms with E-state index in [0.717, 1.165) is 25.0 Å². The summed E-state index contributed by atoms with van der Waals surface area (Å²) in [6, 6.07) is 9.72. The van der Waals surface area contributed by atoms with Crippen molar-refractivity contribution in [1.29, 1.82) is 5.26 Å². The van der Waals surface area contributed by atoms with Crippen molar-refractivity contribution in [2.24, 2.45) is 5.73 Å². The molecule has 1 aromatic carbocycles. The second-order valence-electron chi connectivity index (χ2n) is 8.44. The van der Waals surface area contributed by atoms with Gasteiger partial charge in [-0.2, -0.15) is 5.26 Å². The summed E-state index contributed by atoms with van der Waals surface area (Å²) in [6.07, 6.45) is 4.28. The van der Waals surface area contributed by atoms with E-state index in [-0.39, 0.29) is 23.4 Å². The maximum Gasteiger partial charge on any atom is 0.274 e. The average molecular weight is 446 g/mol. The molecule has 1 atom stereocenters. The predicted molar refractivity (Wildman–Crippen MR) is 118 cm³/mol. The van der Waals surface area contributed by atoms with Gasteiger partial charge in [0.15, 0.2) is 5.69 Å². The van der Waals surface area contributed by atoms with Crippen LogP contribution in [0.2, 0.25) is 0 Å². The van der Waals surface area contributed by atoms with Crippen molar-refractivity contribution in [3.05, 3.63) is 59.3 Å². The van der Waals surface area contributed by atoms with Crippen molar-refractivity contribution in [3.8, 4) is 29.0 Å². The summed E-state index contributed by atoms with van der Waals surface area (Å²) in [4.78, 5) is 24.3. The largest absolute Gasteiger partial charge is 0.481 e. The number of methoxy groups -OCH3 is 1. The zero-order chi connectivity index (χ0) is 23.1. The van der Waals surface area contributed by atoms with Crippen molar-refractivity contribution in [3.63, 3.8) is 0 Å². The van der Waals surface area contributed by atoms with Gasteiger partial charge in [-0.25, -0.2) is 14.4 Å². The van der Waals surface area contributed by atoms with E-state index in [2.05, 4.69) is 4.98 Å². The van der Waals surface area contributed by atoms with Gasteiger partial charge in [0.1, 0.15) is 17.7 Å². The molecule has 2 N–H and O–H groups in total. The monoisotopic (exact) mass is 446 g/mol. The topological polar surface area (TPSA) is 110 Å². The van der Waals surface area contributed by atoms with E-state index in [1.54, 1.807) is 23.2 Å². The fourth-order valence-corrected chi connectivity index (χ4v) is 4.27. The second-order valence-corrected chi connectivity index (χ2v) is 8.44. The van der Waals surface area contributed by atoms with E-state index in [1.807, 2.05) is 16.7 Å². The molecule has 5 rings (SSSR count). The molecule has 2 aliphatic rings. The molecule has 1 amide bonds. The number of aromatic nitrogens is 3. The Bertz CT molecular complexity index is 1260. The van der Waals surface area contributed by atoms with Gasteiger partial charge in [-0.3, -0.25) is 9.36 Å². The number of carbonyl (C=O) groups is 1. The Morgan fingerprint density at radius 1 is 1.27 bits per heavy atom. The molecule has 1 saturated carbocycles. The number of nitriles is 1. The van der Waals surface area contributed by atoms with Gasteiger partial charge in [-0.1, -0.05) is 0 Å². The highest BCUT2D eigenvalue weighted by molar-refractivity contribution is 5.95. The van der Waals surface area contributed by atoms with Gasteiger partial charge in [0, 0.05) is 36.7 Å². The van der Waals surface area contributed by atoms with Crippen LogP contribution in [0.1, 0.15) is 46.9 Å². The number of hydrogen-bond donors (Lipinski definition) is 1. The van der Waals surface area contributed by atoms with Gasteiger partial charge >= 0.3 is 0 Å². The Morgan fingerprint density at radius 2 is 2.09 bits per heavy atom. The molecule has 0 bridgehead atoms. The molecule has 168 valence electrons. The molecule has 1 saturated heterocycles. The van der Waals surface area contributed by atoms with Crippen LogP contribution in [0.25, 0.3) is 17.1 Å². The normalized spacial score (nSPS) is 17.8. The first-order chi connectivity index (χ1) is 16.0. The molecule has 2 fully saturated rings. The summed E-state index contributed by atoms with van der Waals surface area (Å²) < 4.78 is 21.6. The summed E-state index contributed by atoms with van der Waals surface area (Å²) in [5, 5.41) is 9.12. The highest BCUT2D eigenvalue weighted by Crippen LogP contribution is 2.45. The highest BCUT2D eigenvalue weighted by Gasteiger charge is 2.38. The first-order valence-electron chi connectivity index (χ1n) is 10.9. The Labute approximate surface area is 190 Å². The van der Waals surface area contributed by atoms with E-state index >= 15 is 0 Å². The summed E-state index contributed by atoms with van der Waals surface area (Å²) in [6.45, 7) is 1.07. The van der Waals surface area contributed by atoms with Crippen molar-refractivity contribution in [2.75, 3.05) is 20.2 Å². The zero-order valence-corrected chi connectivity index (χ0v) is 18.2. The third-order valence-electron chi connectivity index (χ3n) is 6.13. The van der Waals surface area contributed by atoms with Crippen LogP contribution in [0.15, 0.2) is 36.5 Å². The molecule has 0 unspecified atom stereocenters. The van der Waals surface area contributed by atoms with Crippen LogP contribution in [-0.2, 0) is 0 Å². The number of halogens is 1. The lowest BCUT2D eigenvalue weighted by atomic mass is 10.1. The van der Waals surface area contributed by atoms with Crippen LogP contribution in [0.4, 0.5) is 4.39 Å². The maximum absolute atomic E-state index is 14.5. The Kier molecular flexibility index (Phi) is 5.30. The molecular formula is C24H23FN6O2. The van der Waals surface area contributed by atoms with Gasteiger partial charge in [-0.15, -0.1) is 0 Å². The molecule has 3 aromatic rings. The number of ether oxygens (including phenoxy) is 1.